The second-order valence-corrected chi connectivity index (χ2v) is 10.1. The topological polar surface area (TPSA) is 126 Å². The predicted molar refractivity (Wildman–Crippen MR) is 121 cm³/mol. The fraction of sp³-hybridized carbons (Fsp3) is 0.818. The van der Waals surface area contributed by atoms with Gasteiger partial charge in [0.1, 0.15) is 12.2 Å². The van der Waals surface area contributed by atoms with Gasteiger partial charge in [0.2, 0.25) is 0 Å². The summed E-state index contributed by atoms with van der Waals surface area (Å²) < 4.78 is 241. The summed E-state index contributed by atoms with van der Waals surface area (Å²) in [5, 5.41) is 19.8. The van der Waals surface area contributed by atoms with Crippen LogP contribution in [-0.4, -0.2) is 105 Å². The van der Waals surface area contributed by atoms with E-state index in [1.807, 2.05) is 4.98 Å². The Bertz CT molecular complexity index is 1380. The number of rotatable bonds is 15. The van der Waals surface area contributed by atoms with E-state index in [0.29, 0.717) is 4.57 Å². The molecule has 1 aromatic rings. The zero-order valence-electron chi connectivity index (χ0n) is 23.3. The smallest absolute Gasteiger partial charge is 0.395 e. The van der Waals surface area contributed by atoms with Crippen LogP contribution in [0.25, 0.3) is 0 Å². The standard InChI is InChI=1S/C22H22F17N3O6/c1-2-9-11(45)12(13(48-9)42-5-3-10(44)40-14(42)46)47-6-4-8(7-43)41-22(38,39)20(33,34)18(29,30)16(25,26)15(23,24)17(27,28)19(31,32)21(35,36)37/h3,5,8-9,11-13,41,43,45H,2,4,6-7H2,1H3,(H,40,44,46)/t8-,9+,11-,12?,13+/m0/s1. The van der Waals surface area contributed by atoms with E-state index in [-0.39, 0.29) is 11.7 Å². The predicted octanol–water partition coefficient (Wildman–Crippen LogP) is 3.90. The molecule has 1 unspecified atom stereocenters. The van der Waals surface area contributed by atoms with Gasteiger partial charge in [-0.15, -0.1) is 0 Å². The summed E-state index contributed by atoms with van der Waals surface area (Å²) in [5.41, 5.74) is -2.03. The molecule has 2 heterocycles. The Morgan fingerprint density at radius 3 is 1.77 bits per heavy atom. The molecule has 0 radical (unpaired) electrons. The van der Waals surface area contributed by atoms with Crippen LogP contribution in [0.5, 0.6) is 0 Å². The monoisotopic (exact) mass is 747 g/mol. The molecule has 1 aromatic heterocycles. The molecule has 4 N–H and O–H groups in total. The molecule has 48 heavy (non-hydrogen) atoms. The zero-order chi connectivity index (χ0) is 37.7. The number of nitrogens with one attached hydrogen (secondary N) is 2. The minimum absolute atomic E-state index is 0.0232. The molecule has 1 aliphatic rings. The summed E-state index contributed by atoms with van der Waals surface area (Å²) in [4.78, 5) is 25.2. The number of alkyl halides is 17. The number of nitrogens with zero attached hydrogens (tertiary/aromatic N) is 1. The third-order valence-electron chi connectivity index (χ3n) is 6.94. The summed E-state index contributed by atoms with van der Waals surface area (Å²) in [6, 6.07) is -8.85. The van der Waals surface area contributed by atoms with Crippen molar-refractivity contribution in [1.29, 1.82) is 0 Å². The number of aliphatic hydroxyl groups is 2. The molecule has 1 aliphatic heterocycles. The Labute approximate surface area is 254 Å². The van der Waals surface area contributed by atoms with Crippen molar-refractivity contribution >= 4 is 0 Å². The number of halogens is 17. The molecule has 0 aromatic carbocycles. The quantitative estimate of drug-likeness (QED) is 0.159. The first-order valence-electron chi connectivity index (χ1n) is 12.8. The van der Waals surface area contributed by atoms with E-state index >= 15 is 0 Å². The fourth-order valence-electron chi connectivity index (χ4n) is 4.15. The van der Waals surface area contributed by atoms with Gasteiger partial charge in [-0.05, 0) is 12.8 Å². The van der Waals surface area contributed by atoms with E-state index in [0.717, 1.165) is 12.3 Å². The molecule has 1 fully saturated rings. The average molecular weight is 747 g/mol. The highest BCUT2D eigenvalue weighted by Crippen LogP contribution is 2.63. The van der Waals surface area contributed by atoms with Gasteiger partial charge in [-0.1, -0.05) is 6.92 Å². The molecule has 1 saturated heterocycles. The third kappa shape index (κ3) is 6.60. The van der Waals surface area contributed by atoms with E-state index in [2.05, 4.69) is 0 Å². The fourth-order valence-corrected chi connectivity index (χ4v) is 4.15. The molecule has 0 amide bonds. The highest BCUT2D eigenvalue weighted by atomic mass is 19.4. The van der Waals surface area contributed by atoms with Crippen molar-refractivity contribution in [2.45, 2.75) is 98.1 Å². The summed E-state index contributed by atoms with van der Waals surface area (Å²) >= 11 is 0. The molecule has 5 atom stereocenters. The number of ether oxygens (including phenoxy) is 2. The maximum absolute atomic E-state index is 14.3. The zero-order valence-corrected chi connectivity index (χ0v) is 23.3. The summed E-state index contributed by atoms with van der Waals surface area (Å²) in [6.45, 7) is -1.47. The number of aromatic nitrogens is 2. The van der Waals surface area contributed by atoms with Crippen LogP contribution in [-0.2, 0) is 9.47 Å². The van der Waals surface area contributed by atoms with Gasteiger partial charge in [0, 0.05) is 24.9 Å². The second kappa shape index (κ2) is 13.2. The Kier molecular flexibility index (Phi) is 11.4. The molecule has 9 nitrogen and oxygen atoms in total. The van der Waals surface area contributed by atoms with Crippen molar-refractivity contribution in [3.8, 4) is 0 Å². The van der Waals surface area contributed by atoms with E-state index in [4.69, 9.17) is 9.47 Å². The number of hydrogen-bond donors (Lipinski definition) is 4. The van der Waals surface area contributed by atoms with Gasteiger partial charge in [0.25, 0.3) is 5.56 Å². The SMILES string of the molecule is CC[C@H]1O[C@@H](n2ccc(=O)[nH]c2=O)C(OCC[C@@H](CO)NC(F)(F)C(F)(F)C(F)(F)C(F)(F)C(F)(F)C(F)(F)C(F)(F)C(F)(F)F)[C@H]1O. The summed E-state index contributed by atoms with van der Waals surface area (Å²) in [7, 11) is 0. The molecule has 0 spiro atoms. The molecule has 280 valence electrons. The lowest BCUT2D eigenvalue weighted by Gasteiger charge is -2.43. The number of aliphatic hydroxyl groups excluding tert-OH is 2. The van der Waals surface area contributed by atoms with E-state index in [1.165, 1.54) is 6.92 Å². The van der Waals surface area contributed by atoms with E-state index in [9.17, 15) is 94.4 Å². The first-order valence-corrected chi connectivity index (χ1v) is 12.8. The molecule has 2 rings (SSSR count). The lowest BCUT2D eigenvalue weighted by molar-refractivity contribution is -0.463. The van der Waals surface area contributed by atoms with Crippen molar-refractivity contribution in [2.75, 3.05) is 13.2 Å². The highest BCUT2D eigenvalue weighted by Gasteiger charge is 2.95. The van der Waals surface area contributed by atoms with Gasteiger partial charge in [0.05, 0.1) is 12.7 Å². The first kappa shape index (κ1) is 41.5. The largest absolute Gasteiger partial charge is 0.460 e. The van der Waals surface area contributed by atoms with Crippen LogP contribution in [0.4, 0.5) is 74.6 Å². The van der Waals surface area contributed by atoms with Crippen molar-refractivity contribution in [2.24, 2.45) is 0 Å². The maximum atomic E-state index is 14.3. The van der Waals surface area contributed by atoms with Crippen LogP contribution in [0, 0.1) is 0 Å². The van der Waals surface area contributed by atoms with Gasteiger partial charge in [-0.3, -0.25) is 14.3 Å². The molecule has 0 aliphatic carbocycles. The van der Waals surface area contributed by atoms with Crippen LogP contribution >= 0.6 is 0 Å². The lowest BCUT2D eigenvalue weighted by Crippen LogP contribution is -2.76. The van der Waals surface area contributed by atoms with Gasteiger partial charge in [-0.25, -0.2) is 10.1 Å². The second-order valence-electron chi connectivity index (χ2n) is 10.1. The minimum atomic E-state index is -8.78. The molecule has 0 bridgehead atoms. The third-order valence-corrected chi connectivity index (χ3v) is 6.94. The van der Waals surface area contributed by atoms with Gasteiger partial charge >= 0.3 is 53.4 Å². The van der Waals surface area contributed by atoms with Gasteiger partial charge < -0.3 is 19.7 Å². The van der Waals surface area contributed by atoms with Crippen LogP contribution in [0.1, 0.15) is 26.0 Å². The summed E-state index contributed by atoms with van der Waals surface area (Å²) in [6.07, 6.45) is -14.3. The van der Waals surface area contributed by atoms with Crippen molar-refractivity contribution in [1.82, 2.24) is 14.9 Å². The van der Waals surface area contributed by atoms with Crippen molar-refractivity contribution in [3.63, 3.8) is 0 Å². The first-order chi connectivity index (χ1) is 21.4. The maximum Gasteiger partial charge on any atom is 0.460 e. The molecular weight excluding hydrogens is 725 g/mol. The van der Waals surface area contributed by atoms with E-state index < -0.39 is 109 Å². The highest BCUT2D eigenvalue weighted by molar-refractivity contribution is 5.15. The van der Waals surface area contributed by atoms with Crippen LogP contribution in [0.15, 0.2) is 21.9 Å². The number of aromatic amines is 1. The van der Waals surface area contributed by atoms with Crippen molar-refractivity contribution < 1.29 is 94.3 Å². The van der Waals surface area contributed by atoms with Crippen LogP contribution < -0.4 is 16.6 Å². The Morgan fingerprint density at radius 2 is 1.33 bits per heavy atom. The minimum Gasteiger partial charge on any atom is -0.395 e. The number of H-pyrrole nitrogens is 1. The summed E-state index contributed by atoms with van der Waals surface area (Å²) in [5.74, 6) is -51.0. The van der Waals surface area contributed by atoms with Crippen LogP contribution in [0.3, 0.4) is 0 Å². The number of hydrogen-bond acceptors (Lipinski definition) is 7. The molecule has 0 saturated carbocycles. The Balaban J connectivity index is 2.32. The molecule has 26 heteroatoms. The van der Waals surface area contributed by atoms with Gasteiger partial charge in [0.15, 0.2) is 6.23 Å². The average Bonchev–Trinajstić information content (AvgIpc) is 3.25. The van der Waals surface area contributed by atoms with Gasteiger partial charge in [-0.2, -0.15) is 74.6 Å². The Morgan fingerprint density at radius 1 is 0.854 bits per heavy atom. The van der Waals surface area contributed by atoms with E-state index in [1.54, 1.807) is 0 Å². The lowest BCUT2D eigenvalue weighted by atomic mass is 9.90. The normalized spacial score (nSPS) is 23.1. The molecular formula is C22H22F17N3O6. The van der Waals surface area contributed by atoms with Crippen LogP contribution in [0.2, 0.25) is 0 Å². The Hall–Kier alpha value is -2.71. The van der Waals surface area contributed by atoms with Crippen molar-refractivity contribution in [3.05, 3.63) is 33.1 Å².